The Morgan fingerprint density at radius 2 is 1.69 bits per heavy atom. The highest BCUT2D eigenvalue weighted by Crippen LogP contribution is 2.19. The molecule has 0 atom stereocenters. The lowest BCUT2D eigenvalue weighted by molar-refractivity contribution is -0.145. The fraction of sp³-hybridized carbons (Fsp3) is 0.316. The molecule has 0 saturated heterocycles. The Kier molecular flexibility index (Phi) is 7.67. The molecule has 0 saturated carbocycles. The number of unbranched alkanes of at least 4 members (excludes halogenated alkanes) is 1. The number of ether oxygens (including phenoxy) is 3. The first-order chi connectivity index (χ1) is 12.6. The minimum atomic E-state index is -1.74. The molecular weight excluding hydrogens is 346 g/mol. The Bertz CT molecular complexity index is 718. The summed E-state index contributed by atoms with van der Waals surface area (Å²) in [7, 11) is 1.59. The zero-order valence-corrected chi connectivity index (χ0v) is 14.4. The van der Waals surface area contributed by atoms with Gasteiger partial charge in [-0.3, -0.25) is 4.79 Å². The molecule has 2 aromatic rings. The molecule has 1 aromatic heterocycles. The SMILES string of the molecule is COc1ccc(OCc2ccc(COC(=O)CCCC=C(F)F)o2)cc1. The molecule has 5 nitrogen and oxygen atoms in total. The van der Waals surface area contributed by atoms with Gasteiger partial charge in [0.2, 0.25) is 0 Å². The third-order valence-corrected chi connectivity index (χ3v) is 3.42. The second kappa shape index (κ2) is 10.2. The smallest absolute Gasteiger partial charge is 0.306 e. The molecule has 0 radical (unpaired) electrons. The average Bonchev–Trinajstić information content (AvgIpc) is 3.10. The average molecular weight is 366 g/mol. The number of carbonyl (C=O) groups excluding carboxylic acids is 1. The van der Waals surface area contributed by atoms with Gasteiger partial charge in [-0.05, 0) is 55.3 Å². The number of benzene rings is 1. The van der Waals surface area contributed by atoms with E-state index in [1.165, 1.54) is 0 Å². The third-order valence-electron chi connectivity index (χ3n) is 3.42. The quantitative estimate of drug-likeness (QED) is 0.444. The molecule has 1 aromatic carbocycles. The van der Waals surface area contributed by atoms with Gasteiger partial charge in [0.25, 0.3) is 6.08 Å². The summed E-state index contributed by atoms with van der Waals surface area (Å²) >= 11 is 0. The summed E-state index contributed by atoms with van der Waals surface area (Å²) in [6.45, 7) is 0.232. The lowest BCUT2D eigenvalue weighted by atomic mass is 10.2. The monoisotopic (exact) mass is 366 g/mol. The van der Waals surface area contributed by atoms with Gasteiger partial charge in [-0.1, -0.05) is 0 Å². The molecule has 0 aliphatic carbocycles. The van der Waals surface area contributed by atoms with Crippen molar-refractivity contribution in [2.24, 2.45) is 0 Å². The van der Waals surface area contributed by atoms with Crippen LogP contribution in [-0.2, 0) is 22.7 Å². The van der Waals surface area contributed by atoms with Crippen LogP contribution in [0.5, 0.6) is 11.5 Å². The van der Waals surface area contributed by atoms with E-state index < -0.39 is 12.0 Å². The van der Waals surface area contributed by atoms with E-state index in [4.69, 9.17) is 18.6 Å². The first kappa shape index (κ1) is 19.5. The highest BCUT2D eigenvalue weighted by molar-refractivity contribution is 5.69. The largest absolute Gasteiger partial charge is 0.497 e. The van der Waals surface area contributed by atoms with Gasteiger partial charge < -0.3 is 18.6 Å². The zero-order chi connectivity index (χ0) is 18.8. The topological polar surface area (TPSA) is 57.9 Å². The van der Waals surface area contributed by atoms with Crippen molar-refractivity contribution >= 4 is 5.97 Å². The predicted molar refractivity (Wildman–Crippen MR) is 90.0 cm³/mol. The number of allylic oxidation sites excluding steroid dienone is 1. The van der Waals surface area contributed by atoms with Crippen molar-refractivity contribution in [1.82, 2.24) is 0 Å². The molecule has 0 bridgehead atoms. The fourth-order valence-electron chi connectivity index (χ4n) is 2.09. The third kappa shape index (κ3) is 6.96. The Morgan fingerprint density at radius 3 is 2.35 bits per heavy atom. The summed E-state index contributed by atoms with van der Waals surface area (Å²) in [5.74, 6) is 2.04. The predicted octanol–water partition coefficient (Wildman–Crippen LogP) is 4.86. The van der Waals surface area contributed by atoms with E-state index in [2.05, 4.69) is 0 Å². The van der Waals surface area contributed by atoms with E-state index >= 15 is 0 Å². The fourth-order valence-corrected chi connectivity index (χ4v) is 2.09. The summed E-state index contributed by atoms with van der Waals surface area (Å²) in [5, 5.41) is 0. The summed E-state index contributed by atoms with van der Waals surface area (Å²) in [6, 6.07) is 10.6. The van der Waals surface area contributed by atoms with Crippen molar-refractivity contribution in [3.05, 3.63) is 60.1 Å². The lowest BCUT2D eigenvalue weighted by Gasteiger charge is -2.05. The van der Waals surface area contributed by atoms with Crippen LogP contribution in [0.1, 0.15) is 30.8 Å². The zero-order valence-electron chi connectivity index (χ0n) is 14.4. The number of hydrogen-bond donors (Lipinski definition) is 0. The van der Waals surface area contributed by atoms with Gasteiger partial charge in [0.05, 0.1) is 7.11 Å². The standard InChI is InChI=1S/C19H20F2O5/c1-23-14-6-8-15(9-7-14)24-12-16-10-11-17(26-16)13-25-19(22)5-3-2-4-18(20)21/h4,6-11H,2-3,5,12-13H2,1H3. The molecule has 0 unspecified atom stereocenters. The Morgan fingerprint density at radius 1 is 1.04 bits per heavy atom. The van der Waals surface area contributed by atoms with Crippen LogP contribution in [0.3, 0.4) is 0 Å². The number of esters is 1. The molecule has 0 fully saturated rings. The normalized spacial score (nSPS) is 10.3. The van der Waals surface area contributed by atoms with E-state index in [-0.39, 0.29) is 26.1 Å². The van der Waals surface area contributed by atoms with Gasteiger partial charge >= 0.3 is 5.97 Å². The van der Waals surface area contributed by atoms with Crippen molar-refractivity contribution in [1.29, 1.82) is 0 Å². The van der Waals surface area contributed by atoms with Crippen LogP contribution < -0.4 is 9.47 Å². The summed E-state index contributed by atoms with van der Waals surface area (Å²) in [4.78, 5) is 11.5. The highest BCUT2D eigenvalue weighted by atomic mass is 19.3. The molecule has 0 amide bonds. The number of carbonyl (C=O) groups is 1. The molecule has 140 valence electrons. The van der Waals surface area contributed by atoms with Crippen LogP contribution in [0, 0.1) is 0 Å². The van der Waals surface area contributed by atoms with Gasteiger partial charge in [0, 0.05) is 6.42 Å². The Hall–Kier alpha value is -2.83. The number of furan rings is 1. The Labute approximate surface area is 150 Å². The number of halogens is 2. The first-order valence-electron chi connectivity index (χ1n) is 8.08. The maximum Gasteiger partial charge on any atom is 0.306 e. The second-order valence-corrected chi connectivity index (χ2v) is 5.38. The molecule has 0 N–H and O–H groups in total. The second-order valence-electron chi connectivity index (χ2n) is 5.38. The minimum absolute atomic E-state index is 0.00528. The molecule has 0 aliphatic rings. The van der Waals surface area contributed by atoms with Gasteiger partial charge in [-0.25, -0.2) is 0 Å². The summed E-state index contributed by atoms with van der Waals surface area (Å²) in [5.41, 5.74) is 0. The van der Waals surface area contributed by atoms with Crippen LogP contribution in [0.25, 0.3) is 0 Å². The summed E-state index contributed by atoms with van der Waals surface area (Å²) in [6.07, 6.45) is -0.411. The van der Waals surface area contributed by atoms with E-state index in [1.54, 1.807) is 43.5 Å². The molecule has 2 rings (SSSR count). The number of hydrogen-bond acceptors (Lipinski definition) is 5. The summed E-state index contributed by atoms with van der Waals surface area (Å²) < 4.78 is 44.9. The molecule has 0 aliphatic heterocycles. The van der Waals surface area contributed by atoms with Crippen molar-refractivity contribution in [3.63, 3.8) is 0 Å². The van der Waals surface area contributed by atoms with Gasteiger partial charge in [-0.2, -0.15) is 8.78 Å². The van der Waals surface area contributed by atoms with Gasteiger partial charge in [-0.15, -0.1) is 0 Å². The first-order valence-corrected chi connectivity index (χ1v) is 8.08. The highest BCUT2D eigenvalue weighted by Gasteiger charge is 2.07. The molecule has 1 heterocycles. The maximum atomic E-state index is 11.9. The van der Waals surface area contributed by atoms with Crippen molar-refractivity contribution in [2.75, 3.05) is 7.11 Å². The number of methoxy groups -OCH3 is 1. The van der Waals surface area contributed by atoms with Crippen LogP contribution in [0.2, 0.25) is 0 Å². The van der Waals surface area contributed by atoms with Crippen LogP contribution in [-0.4, -0.2) is 13.1 Å². The van der Waals surface area contributed by atoms with E-state index in [0.717, 1.165) is 11.8 Å². The molecule has 7 heteroatoms. The Balaban J connectivity index is 1.69. The molecule has 26 heavy (non-hydrogen) atoms. The minimum Gasteiger partial charge on any atom is -0.497 e. The van der Waals surface area contributed by atoms with Crippen molar-refractivity contribution < 1.29 is 32.2 Å². The van der Waals surface area contributed by atoms with E-state index in [9.17, 15) is 13.6 Å². The van der Waals surface area contributed by atoms with Crippen LogP contribution in [0.4, 0.5) is 8.78 Å². The maximum absolute atomic E-state index is 11.9. The van der Waals surface area contributed by atoms with Crippen molar-refractivity contribution in [2.45, 2.75) is 32.5 Å². The number of rotatable bonds is 10. The van der Waals surface area contributed by atoms with Gasteiger partial charge in [0.1, 0.15) is 36.2 Å². The van der Waals surface area contributed by atoms with Crippen LogP contribution >= 0.6 is 0 Å². The van der Waals surface area contributed by atoms with E-state index in [0.29, 0.717) is 23.7 Å². The molecule has 0 spiro atoms. The van der Waals surface area contributed by atoms with Gasteiger partial charge in [0.15, 0.2) is 0 Å². The lowest BCUT2D eigenvalue weighted by Crippen LogP contribution is -2.03. The molecular formula is C19H20F2O5. The van der Waals surface area contributed by atoms with Crippen LogP contribution in [0.15, 0.2) is 53.0 Å². The van der Waals surface area contributed by atoms with E-state index in [1.807, 2.05) is 0 Å². The van der Waals surface area contributed by atoms with Crippen molar-refractivity contribution in [3.8, 4) is 11.5 Å².